The van der Waals surface area contributed by atoms with Crippen molar-refractivity contribution in [3.63, 3.8) is 0 Å². The number of carbonyl (C=O) groups excluding carboxylic acids is 1. The average Bonchev–Trinajstić information content (AvgIpc) is 3.26. The van der Waals surface area contributed by atoms with E-state index in [4.69, 9.17) is 10.1 Å². The topological polar surface area (TPSA) is 112 Å². The monoisotopic (exact) mass is 490 g/mol. The third kappa shape index (κ3) is 4.25. The average molecular weight is 491 g/mol. The molecule has 0 aliphatic carbocycles. The molecule has 0 fully saturated rings. The van der Waals surface area contributed by atoms with E-state index < -0.39 is 15.7 Å². The number of nitrogens with one attached hydrogen (secondary N) is 1. The number of carbonyl (C=O) groups is 1. The van der Waals surface area contributed by atoms with Crippen LogP contribution in [-0.2, 0) is 21.2 Å². The van der Waals surface area contributed by atoms with Gasteiger partial charge in [-0.2, -0.15) is 10.0 Å². The van der Waals surface area contributed by atoms with Crippen molar-refractivity contribution in [2.75, 3.05) is 6.26 Å². The van der Waals surface area contributed by atoms with E-state index in [2.05, 4.69) is 28.3 Å². The minimum Gasteiger partial charge on any atom is -0.489 e. The summed E-state index contributed by atoms with van der Waals surface area (Å²) in [6, 6.07) is 21.3. The van der Waals surface area contributed by atoms with Crippen molar-refractivity contribution in [3.05, 3.63) is 83.4 Å². The fourth-order valence-corrected chi connectivity index (χ4v) is 5.22. The number of sulfone groups is 1. The zero-order valence-corrected chi connectivity index (χ0v) is 19.6. The Hall–Kier alpha value is -3.76. The number of hydrogen-bond acceptors (Lipinski definition) is 7. The van der Waals surface area contributed by atoms with Gasteiger partial charge in [0.05, 0.1) is 5.57 Å². The summed E-state index contributed by atoms with van der Waals surface area (Å²) < 4.78 is 29.3. The first-order valence-corrected chi connectivity index (χ1v) is 12.9. The predicted octanol–water partition coefficient (Wildman–Crippen LogP) is 4.04. The highest BCUT2D eigenvalue weighted by molar-refractivity contribution is 8.42. The highest BCUT2D eigenvalue weighted by Crippen LogP contribution is 2.30. The summed E-state index contributed by atoms with van der Waals surface area (Å²) in [5, 5.41) is 15.7. The van der Waals surface area contributed by atoms with Crippen LogP contribution in [-0.4, -0.2) is 41.0 Å². The van der Waals surface area contributed by atoms with E-state index in [1.807, 2.05) is 24.3 Å². The molecule has 0 bridgehead atoms. The molecular weight excluding hydrogens is 472 g/mol. The van der Waals surface area contributed by atoms with Crippen molar-refractivity contribution < 1.29 is 17.9 Å². The molecule has 0 unspecified atom stereocenters. The molecule has 170 valence electrons. The van der Waals surface area contributed by atoms with Gasteiger partial charge >= 0.3 is 0 Å². The number of aliphatic imine (C=N–C) groups is 1. The van der Waals surface area contributed by atoms with Crippen molar-refractivity contribution in [2.24, 2.45) is 10.1 Å². The van der Waals surface area contributed by atoms with Gasteiger partial charge in [-0.3, -0.25) is 10.2 Å². The molecule has 0 saturated carbocycles. The third-order valence-electron chi connectivity index (χ3n) is 5.22. The van der Waals surface area contributed by atoms with E-state index in [0.29, 0.717) is 17.9 Å². The van der Waals surface area contributed by atoms with Crippen molar-refractivity contribution in [1.82, 2.24) is 5.01 Å². The molecule has 2 heterocycles. The maximum atomic E-state index is 12.5. The van der Waals surface area contributed by atoms with Gasteiger partial charge in [-0.15, -0.1) is 5.10 Å². The van der Waals surface area contributed by atoms with Crippen LogP contribution in [0.2, 0.25) is 0 Å². The molecule has 2 aliphatic rings. The van der Waals surface area contributed by atoms with E-state index in [9.17, 15) is 13.2 Å². The van der Waals surface area contributed by atoms with Crippen LogP contribution in [0.25, 0.3) is 16.8 Å². The number of hydrazone groups is 1. The number of rotatable bonds is 4. The lowest BCUT2D eigenvalue weighted by molar-refractivity contribution is -0.114. The van der Waals surface area contributed by atoms with Crippen LogP contribution in [0.15, 0.2) is 82.4 Å². The minimum atomic E-state index is -3.57. The fraction of sp³-hybridized carbons (Fsp3) is 0.0833. The molecule has 8 nitrogen and oxygen atoms in total. The van der Waals surface area contributed by atoms with Crippen molar-refractivity contribution in [2.45, 2.75) is 6.61 Å². The van der Waals surface area contributed by atoms with Gasteiger partial charge in [0, 0.05) is 6.26 Å². The Labute approximate surface area is 200 Å². The summed E-state index contributed by atoms with van der Waals surface area (Å²) in [5.41, 5.74) is 1.77. The molecule has 1 amide bonds. The lowest BCUT2D eigenvalue weighted by atomic mass is 10.1. The van der Waals surface area contributed by atoms with Crippen LogP contribution in [0.5, 0.6) is 5.75 Å². The lowest BCUT2D eigenvalue weighted by Crippen LogP contribution is -2.35. The van der Waals surface area contributed by atoms with Crippen molar-refractivity contribution in [1.29, 1.82) is 5.41 Å². The summed E-state index contributed by atoms with van der Waals surface area (Å²) in [6.45, 7) is 0.412. The van der Waals surface area contributed by atoms with Crippen LogP contribution in [0, 0.1) is 5.41 Å². The number of hydrogen-bond donors (Lipinski definition) is 1. The van der Waals surface area contributed by atoms with Crippen molar-refractivity contribution >= 4 is 59.7 Å². The molecule has 0 atom stereocenters. The summed E-state index contributed by atoms with van der Waals surface area (Å²) in [7, 11) is -3.57. The highest BCUT2D eigenvalue weighted by Gasteiger charge is 2.38. The first-order valence-electron chi connectivity index (χ1n) is 10.2. The van der Waals surface area contributed by atoms with Gasteiger partial charge in [-0.1, -0.05) is 54.6 Å². The van der Waals surface area contributed by atoms with Crippen LogP contribution in [0.1, 0.15) is 11.1 Å². The molecule has 3 aromatic rings. The highest BCUT2D eigenvalue weighted by atomic mass is 32.3. The number of ether oxygens (including phenoxy) is 1. The Morgan fingerprint density at radius 2 is 1.79 bits per heavy atom. The van der Waals surface area contributed by atoms with E-state index in [0.717, 1.165) is 39.4 Å². The molecule has 0 spiro atoms. The second kappa shape index (κ2) is 8.54. The number of nitrogens with zero attached hydrogens (tertiary/aromatic N) is 3. The molecule has 2 aliphatic heterocycles. The molecule has 1 N–H and O–H groups in total. The standard InChI is InChI=1S/C24H18N4O4S2/c1-34(30,31)24-27-28-21(25)20(22(29)26-23(28)33-24)13-15-9-11-18(12-10-15)32-14-17-7-4-6-16-5-2-3-8-19(16)17/h2-13,25H,14H2,1H3/b20-13+,25-21?. The second-order valence-electron chi connectivity index (χ2n) is 7.65. The summed E-state index contributed by atoms with van der Waals surface area (Å²) in [4.78, 5) is 16.4. The van der Waals surface area contributed by atoms with Gasteiger partial charge in [-0.05, 0) is 51.9 Å². The Bertz CT molecular complexity index is 1540. The summed E-state index contributed by atoms with van der Waals surface area (Å²) >= 11 is 0.756. The van der Waals surface area contributed by atoms with Gasteiger partial charge in [0.15, 0.2) is 5.84 Å². The normalized spacial score (nSPS) is 17.1. The summed E-state index contributed by atoms with van der Waals surface area (Å²) in [5.74, 6) is -0.179. The zero-order valence-electron chi connectivity index (χ0n) is 17.9. The maximum Gasteiger partial charge on any atom is 0.283 e. The van der Waals surface area contributed by atoms with E-state index in [1.54, 1.807) is 24.3 Å². The molecule has 0 saturated heterocycles. The quantitative estimate of drug-likeness (QED) is 0.553. The molecule has 5 rings (SSSR count). The molecular formula is C24H18N4O4S2. The zero-order chi connectivity index (χ0) is 23.9. The SMILES string of the molecule is CS(=O)(=O)C1=NN2C(=N)/C(=C\c3ccc(OCc4cccc5ccccc45)cc3)C(=O)N=C2S1. The number of benzene rings is 3. The molecule has 34 heavy (non-hydrogen) atoms. The number of amides is 1. The smallest absolute Gasteiger partial charge is 0.283 e. The Morgan fingerprint density at radius 1 is 1.06 bits per heavy atom. The van der Waals surface area contributed by atoms with Crippen LogP contribution < -0.4 is 4.74 Å². The van der Waals surface area contributed by atoms with E-state index in [-0.39, 0.29) is 21.0 Å². The first kappa shape index (κ1) is 22.1. The lowest BCUT2D eigenvalue weighted by Gasteiger charge is -2.20. The molecule has 10 heteroatoms. The minimum absolute atomic E-state index is 0.0206. The van der Waals surface area contributed by atoms with Gasteiger partial charge in [-0.25, -0.2) is 8.42 Å². The van der Waals surface area contributed by atoms with E-state index in [1.165, 1.54) is 6.08 Å². The third-order valence-corrected chi connectivity index (χ3v) is 7.80. The fourth-order valence-electron chi connectivity index (χ4n) is 3.53. The molecule has 3 aromatic carbocycles. The van der Waals surface area contributed by atoms with Gasteiger partial charge in [0.1, 0.15) is 12.4 Å². The second-order valence-corrected chi connectivity index (χ2v) is 10.8. The van der Waals surface area contributed by atoms with Crippen molar-refractivity contribution in [3.8, 4) is 5.75 Å². The van der Waals surface area contributed by atoms with Gasteiger partial charge in [0.2, 0.25) is 19.4 Å². The number of thioether (sulfide) groups is 1. The van der Waals surface area contributed by atoms with Gasteiger partial charge < -0.3 is 4.74 Å². The Morgan fingerprint density at radius 3 is 2.56 bits per heavy atom. The number of fused-ring (bicyclic) bond motifs is 2. The van der Waals surface area contributed by atoms with Crippen LogP contribution in [0.3, 0.4) is 0 Å². The van der Waals surface area contributed by atoms with E-state index >= 15 is 0 Å². The Kier molecular flexibility index (Phi) is 5.54. The molecule has 0 radical (unpaired) electrons. The summed E-state index contributed by atoms with van der Waals surface area (Å²) in [6.07, 6.45) is 2.54. The maximum absolute atomic E-state index is 12.5. The van der Waals surface area contributed by atoms with Gasteiger partial charge in [0.25, 0.3) is 5.91 Å². The number of amidine groups is 2. The van der Waals surface area contributed by atoms with Crippen LogP contribution in [0.4, 0.5) is 0 Å². The first-order chi connectivity index (χ1) is 16.3. The Balaban J connectivity index is 1.33. The predicted molar refractivity (Wildman–Crippen MR) is 135 cm³/mol. The van der Waals surface area contributed by atoms with Crippen LogP contribution >= 0.6 is 11.8 Å². The molecule has 0 aromatic heterocycles. The largest absolute Gasteiger partial charge is 0.489 e.